The summed E-state index contributed by atoms with van der Waals surface area (Å²) < 4.78 is 18.9. The van der Waals surface area contributed by atoms with E-state index in [-0.39, 0.29) is 11.7 Å². The van der Waals surface area contributed by atoms with Crippen LogP contribution in [0, 0.1) is 5.82 Å². The minimum absolute atomic E-state index is 0.0724. The molecule has 0 unspecified atom stereocenters. The first kappa shape index (κ1) is 15.0. The minimum atomic E-state index is -0.491. The van der Waals surface area contributed by atoms with Crippen molar-refractivity contribution in [1.82, 2.24) is 4.98 Å². The molecule has 1 aromatic heterocycles. The number of anilines is 1. The van der Waals surface area contributed by atoms with Crippen molar-refractivity contribution >= 4 is 11.6 Å². The molecule has 1 heterocycles. The van der Waals surface area contributed by atoms with Crippen LogP contribution in [-0.4, -0.2) is 24.5 Å². The average Bonchev–Trinajstić information content (AvgIpc) is 2.52. The van der Waals surface area contributed by atoms with Crippen molar-refractivity contribution in [3.8, 4) is 5.75 Å². The van der Waals surface area contributed by atoms with Gasteiger partial charge in [-0.15, -0.1) is 0 Å². The Morgan fingerprint density at radius 3 is 2.76 bits per heavy atom. The SMILES string of the molecule is CCCN(C(=O)c1cccnc1)c1cccc(F)c1OC. The number of nitrogens with zero attached hydrogens (tertiary/aromatic N) is 2. The van der Waals surface area contributed by atoms with Gasteiger partial charge in [0.25, 0.3) is 5.91 Å². The highest BCUT2D eigenvalue weighted by atomic mass is 19.1. The van der Waals surface area contributed by atoms with Crippen LogP contribution in [0.1, 0.15) is 23.7 Å². The summed E-state index contributed by atoms with van der Waals surface area (Å²) in [7, 11) is 1.39. The molecule has 1 amide bonds. The highest BCUT2D eigenvalue weighted by Gasteiger charge is 2.22. The summed E-state index contributed by atoms with van der Waals surface area (Å²) in [6, 6.07) is 7.92. The third-order valence-electron chi connectivity index (χ3n) is 3.04. The molecule has 4 nitrogen and oxygen atoms in total. The number of rotatable bonds is 5. The Hall–Kier alpha value is -2.43. The molecule has 2 rings (SSSR count). The Kier molecular flexibility index (Phi) is 4.87. The summed E-state index contributed by atoms with van der Waals surface area (Å²) >= 11 is 0. The monoisotopic (exact) mass is 288 g/mol. The molecule has 0 bridgehead atoms. The lowest BCUT2D eigenvalue weighted by atomic mass is 10.2. The molecule has 0 aliphatic rings. The van der Waals surface area contributed by atoms with E-state index in [1.54, 1.807) is 30.5 Å². The summed E-state index contributed by atoms with van der Waals surface area (Å²) in [5.74, 6) is -0.646. The van der Waals surface area contributed by atoms with Crippen LogP contribution in [0.4, 0.5) is 10.1 Å². The number of para-hydroxylation sites is 1. The topological polar surface area (TPSA) is 42.4 Å². The van der Waals surface area contributed by atoms with E-state index in [9.17, 15) is 9.18 Å². The van der Waals surface area contributed by atoms with E-state index in [2.05, 4.69) is 4.98 Å². The first-order chi connectivity index (χ1) is 10.2. The van der Waals surface area contributed by atoms with Gasteiger partial charge in [0.05, 0.1) is 18.4 Å². The van der Waals surface area contributed by atoms with Gasteiger partial charge in [0, 0.05) is 18.9 Å². The Labute approximate surface area is 123 Å². The third-order valence-corrected chi connectivity index (χ3v) is 3.04. The van der Waals surface area contributed by atoms with E-state index in [0.717, 1.165) is 6.42 Å². The lowest BCUT2D eigenvalue weighted by molar-refractivity contribution is 0.0986. The predicted octanol–water partition coefficient (Wildman–Crippen LogP) is 3.29. The zero-order chi connectivity index (χ0) is 15.2. The Morgan fingerprint density at radius 1 is 1.33 bits per heavy atom. The average molecular weight is 288 g/mol. The van der Waals surface area contributed by atoms with Crippen LogP contribution in [0.2, 0.25) is 0 Å². The lowest BCUT2D eigenvalue weighted by Gasteiger charge is -2.24. The zero-order valence-electron chi connectivity index (χ0n) is 12.0. The maximum Gasteiger partial charge on any atom is 0.259 e. The van der Waals surface area contributed by atoms with Crippen LogP contribution >= 0.6 is 0 Å². The Balaban J connectivity index is 2.45. The molecular weight excluding hydrogens is 271 g/mol. The molecule has 0 aliphatic carbocycles. The van der Waals surface area contributed by atoms with E-state index < -0.39 is 5.82 Å². The van der Waals surface area contributed by atoms with Gasteiger partial charge >= 0.3 is 0 Å². The predicted molar refractivity (Wildman–Crippen MR) is 79.2 cm³/mol. The number of methoxy groups -OCH3 is 1. The fourth-order valence-electron chi connectivity index (χ4n) is 2.11. The molecule has 2 aromatic rings. The maximum absolute atomic E-state index is 13.8. The van der Waals surface area contributed by atoms with Gasteiger partial charge in [-0.1, -0.05) is 13.0 Å². The van der Waals surface area contributed by atoms with Crippen molar-refractivity contribution in [2.24, 2.45) is 0 Å². The number of aromatic nitrogens is 1. The lowest BCUT2D eigenvalue weighted by Crippen LogP contribution is -2.32. The number of carbonyl (C=O) groups is 1. The number of benzene rings is 1. The number of pyridine rings is 1. The first-order valence-electron chi connectivity index (χ1n) is 6.73. The van der Waals surface area contributed by atoms with E-state index in [1.807, 2.05) is 6.92 Å². The number of amides is 1. The Morgan fingerprint density at radius 2 is 2.14 bits per heavy atom. The maximum atomic E-state index is 13.8. The molecule has 0 saturated carbocycles. The van der Waals surface area contributed by atoms with Crippen molar-refractivity contribution in [3.63, 3.8) is 0 Å². The molecule has 1 aromatic carbocycles. The fourth-order valence-corrected chi connectivity index (χ4v) is 2.11. The molecular formula is C16H17FN2O2. The van der Waals surface area contributed by atoms with E-state index in [4.69, 9.17) is 4.74 Å². The van der Waals surface area contributed by atoms with Crippen LogP contribution < -0.4 is 9.64 Å². The summed E-state index contributed by atoms with van der Waals surface area (Å²) in [4.78, 5) is 18.1. The number of ether oxygens (including phenoxy) is 1. The molecule has 0 atom stereocenters. The molecule has 0 spiro atoms. The molecule has 21 heavy (non-hydrogen) atoms. The van der Waals surface area contributed by atoms with Gasteiger partial charge in [0.15, 0.2) is 11.6 Å². The van der Waals surface area contributed by atoms with Crippen molar-refractivity contribution in [2.45, 2.75) is 13.3 Å². The quantitative estimate of drug-likeness (QED) is 0.848. The molecule has 0 saturated heterocycles. The largest absolute Gasteiger partial charge is 0.492 e. The van der Waals surface area contributed by atoms with Gasteiger partial charge in [-0.05, 0) is 30.7 Å². The molecule has 0 fully saturated rings. The van der Waals surface area contributed by atoms with Crippen LogP contribution in [0.25, 0.3) is 0 Å². The van der Waals surface area contributed by atoms with E-state index >= 15 is 0 Å². The van der Waals surface area contributed by atoms with Crippen molar-refractivity contribution in [2.75, 3.05) is 18.6 Å². The second-order valence-electron chi connectivity index (χ2n) is 4.49. The van der Waals surface area contributed by atoms with Crippen LogP contribution in [0.15, 0.2) is 42.7 Å². The normalized spacial score (nSPS) is 10.2. The molecule has 110 valence electrons. The fraction of sp³-hybridized carbons (Fsp3) is 0.250. The number of hydrogen-bond donors (Lipinski definition) is 0. The van der Waals surface area contributed by atoms with Gasteiger partial charge in [0.2, 0.25) is 0 Å². The summed E-state index contributed by atoms with van der Waals surface area (Å²) in [6.45, 7) is 2.42. The highest BCUT2D eigenvalue weighted by Crippen LogP contribution is 2.31. The second-order valence-corrected chi connectivity index (χ2v) is 4.49. The summed E-state index contributed by atoms with van der Waals surface area (Å²) in [5, 5.41) is 0. The minimum Gasteiger partial charge on any atom is -0.492 e. The molecule has 5 heteroatoms. The van der Waals surface area contributed by atoms with E-state index in [1.165, 1.54) is 24.3 Å². The first-order valence-corrected chi connectivity index (χ1v) is 6.73. The standard InChI is InChI=1S/C16H17FN2O2/c1-3-10-19(16(20)12-6-5-9-18-11-12)14-8-4-7-13(17)15(14)21-2/h4-9,11H,3,10H2,1-2H3. The smallest absolute Gasteiger partial charge is 0.259 e. The number of halogens is 1. The van der Waals surface area contributed by atoms with Crippen molar-refractivity contribution in [1.29, 1.82) is 0 Å². The molecule has 0 N–H and O–H groups in total. The van der Waals surface area contributed by atoms with Crippen molar-refractivity contribution < 1.29 is 13.9 Å². The van der Waals surface area contributed by atoms with Crippen LogP contribution in [0.3, 0.4) is 0 Å². The molecule has 0 aliphatic heterocycles. The Bertz CT molecular complexity index is 617. The number of carbonyl (C=O) groups excluding carboxylic acids is 1. The van der Waals surface area contributed by atoms with Gasteiger partial charge < -0.3 is 9.64 Å². The second kappa shape index (κ2) is 6.83. The zero-order valence-corrected chi connectivity index (χ0v) is 12.0. The number of hydrogen-bond acceptors (Lipinski definition) is 3. The third kappa shape index (κ3) is 3.18. The summed E-state index contributed by atoms with van der Waals surface area (Å²) in [6.07, 6.45) is 3.84. The van der Waals surface area contributed by atoms with Gasteiger partial charge in [-0.25, -0.2) is 4.39 Å². The van der Waals surface area contributed by atoms with Gasteiger partial charge in [0.1, 0.15) is 0 Å². The van der Waals surface area contributed by atoms with Gasteiger partial charge in [-0.2, -0.15) is 0 Å². The summed E-state index contributed by atoms with van der Waals surface area (Å²) in [5.41, 5.74) is 0.880. The van der Waals surface area contributed by atoms with Crippen LogP contribution in [-0.2, 0) is 0 Å². The van der Waals surface area contributed by atoms with E-state index in [0.29, 0.717) is 17.8 Å². The molecule has 0 radical (unpaired) electrons. The van der Waals surface area contributed by atoms with Crippen molar-refractivity contribution in [3.05, 3.63) is 54.1 Å². The van der Waals surface area contributed by atoms with Gasteiger partial charge in [-0.3, -0.25) is 9.78 Å². The van der Waals surface area contributed by atoms with Crippen LogP contribution in [0.5, 0.6) is 5.75 Å². The highest BCUT2D eigenvalue weighted by molar-refractivity contribution is 6.06.